The van der Waals surface area contributed by atoms with Crippen LogP contribution < -0.4 is 5.32 Å². The molecule has 0 aromatic rings. The highest BCUT2D eigenvalue weighted by molar-refractivity contribution is 5.80. The third-order valence-electron chi connectivity index (χ3n) is 4.70. The average Bonchev–Trinajstić information content (AvgIpc) is 2.55. The summed E-state index contributed by atoms with van der Waals surface area (Å²) in [4.78, 5) is 23.4. The number of rotatable bonds is 7. The van der Waals surface area contributed by atoms with Crippen LogP contribution in [0.5, 0.6) is 0 Å². The molecule has 0 radical (unpaired) electrons. The molecule has 2 aliphatic rings. The van der Waals surface area contributed by atoms with Gasteiger partial charge in [-0.1, -0.05) is 30.9 Å². The van der Waals surface area contributed by atoms with Crippen LogP contribution in [0.25, 0.3) is 0 Å². The summed E-state index contributed by atoms with van der Waals surface area (Å²) in [5.41, 5.74) is 1.45. The van der Waals surface area contributed by atoms with Crippen LogP contribution in [-0.2, 0) is 14.3 Å². The number of ether oxygens (including phenoxy) is 1. The van der Waals surface area contributed by atoms with E-state index in [9.17, 15) is 9.59 Å². The molecule has 0 saturated heterocycles. The van der Waals surface area contributed by atoms with E-state index in [1.54, 1.807) is 0 Å². The highest BCUT2D eigenvalue weighted by Gasteiger charge is 2.18. The van der Waals surface area contributed by atoms with Gasteiger partial charge in [0.05, 0.1) is 0 Å². The molecule has 2 aliphatic carbocycles. The van der Waals surface area contributed by atoms with Gasteiger partial charge in [-0.15, -0.1) is 0 Å². The highest BCUT2D eigenvalue weighted by Crippen LogP contribution is 2.26. The van der Waals surface area contributed by atoms with Crippen molar-refractivity contribution in [1.82, 2.24) is 5.32 Å². The van der Waals surface area contributed by atoms with E-state index >= 15 is 0 Å². The molecule has 1 fully saturated rings. The average molecular weight is 307 g/mol. The van der Waals surface area contributed by atoms with Crippen LogP contribution in [0, 0.1) is 5.92 Å². The summed E-state index contributed by atoms with van der Waals surface area (Å²) >= 11 is 0. The Kier molecular flexibility index (Phi) is 7.47. The number of allylic oxidation sites excluding steroid dienone is 1. The second kappa shape index (κ2) is 9.65. The Labute approximate surface area is 133 Å². The van der Waals surface area contributed by atoms with E-state index in [4.69, 9.17) is 4.74 Å². The van der Waals surface area contributed by atoms with E-state index in [2.05, 4.69) is 11.4 Å². The van der Waals surface area contributed by atoms with Gasteiger partial charge >= 0.3 is 5.97 Å². The van der Waals surface area contributed by atoms with Crippen LogP contribution in [0.15, 0.2) is 11.6 Å². The lowest BCUT2D eigenvalue weighted by Crippen LogP contribution is -2.30. The van der Waals surface area contributed by atoms with Gasteiger partial charge in [0.2, 0.25) is 0 Å². The van der Waals surface area contributed by atoms with E-state index in [0.29, 0.717) is 18.9 Å². The third kappa shape index (κ3) is 6.63. The lowest BCUT2D eigenvalue weighted by molar-refractivity contribution is -0.149. The number of hydrogen-bond donors (Lipinski definition) is 1. The Balaban J connectivity index is 1.52. The van der Waals surface area contributed by atoms with Crippen molar-refractivity contribution in [2.75, 3.05) is 13.2 Å². The predicted octanol–water partition coefficient (Wildman–Crippen LogP) is 3.51. The van der Waals surface area contributed by atoms with Gasteiger partial charge in [0.15, 0.2) is 6.61 Å². The highest BCUT2D eigenvalue weighted by atomic mass is 16.5. The predicted molar refractivity (Wildman–Crippen MR) is 86.3 cm³/mol. The number of esters is 1. The van der Waals surface area contributed by atoms with Crippen molar-refractivity contribution in [2.45, 2.75) is 70.6 Å². The summed E-state index contributed by atoms with van der Waals surface area (Å²) in [5.74, 6) is 0.0491. The second-order valence-electron chi connectivity index (χ2n) is 6.58. The lowest BCUT2D eigenvalue weighted by atomic mass is 9.87. The minimum Gasteiger partial charge on any atom is -0.456 e. The van der Waals surface area contributed by atoms with Crippen LogP contribution in [0.2, 0.25) is 0 Å². The molecule has 0 aliphatic heterocycles. The SMILES string of the molecule is O=C(COC(=O)CC1CCCCC1)NCCC1=CCCCC1. The van der Waals surface area contributed by atoms with E-state index in [1.165, 1.54) is 44.1 Å². The molecular weight excluding hydrogens is 278 g/mol. The normalized spacial score (nSPS) is 19.4. The summed E-state index contributed by atoms with van der Waals surface area (Å²) in [7, 11) is 0. The maximum absolute atomic E-state index is 11.7. The van der Waals surface area contributed by atoms with Crippen LogP contribution in [0.3, 0.4) is 0 Å². The maximum Gasteiger partial charge on any atom is 0.306 e. The van der Waals surface area contributed by atoms with Gasteiger partial charge in [-0.25, -0.2) is 0 Å². The molecule has 0 aromatic carbocycles. The fourth-order valence-corrected chi connectivity index (χ4v) is 3.38. The van der Waals surface area contributed by atoms with Gasteiger partial charge in [0.25, 0.3) is 5.91 Å². The minimum atomic E-state index is -0.225. The number of amides is 1. The Morgan fingerprint density at radius 1 is 1.14 bits per heavy atom. The fourth-order valence-electron chi connectivity index (χ4n) is 3.38. The molecule has 0 unspecified atom stereocenters. The van der Waals surface area contributed by atoms with Crippen LogP contribution in [0.4, 0.5) is 0 Å². The molecule has 4 heteroatoms. The molecule has 0 bridgehead atoms. The van der Waals surface area contributed by atoms with Crippen molar-refractivity contribution in [3.05, 3.63) is 11.6 Å². The molecule has 0 spiro atoms. The maximum atomic E-state index is 11.7. The van der Waals surface area contributed by atoms with E-state index in [-0.39, 0.29) is 18.5 Å². The molecule has 22 heavy (non-hydrogen) atoms. The van der Waals surface area contributed by atoms with Crippen molar-refractivity contribution < 1.29 is 14.3 Å². The molecule has 1 saturated carbocycles. The molecule has 124 valence electrons. The molecule has 4 nitrogen and oxygen atoms in total. The smallest absolute Gasteiger partial charge is 0.306 e. The first-order valence-corrected chi connectivity index (χ1v) is 8.84. The summed E-state index contributed by atoms with van der Waals surface area (Å²) in [6.45, 7) is 0.509. The Bertz CT molecular complexity index is 397. The summed E-state index contributed by atoms with van der Waals surface area (Å²) in [6.07, 6.45) is 14.5. The van der Waals surface area contributed by atoms with Crippen molar-refractivity contribution >= 4 is 11.9 Å². The van der Waals surface area contributed by atoms with Crippen LogP contribution in [0.1, 0.15) is 70.6 Å². The zero-order valence-corrected chi connectivity index (χ0v) is 13.6. The Morgan fingerprint density at radius 2 is 1.95 bits per heavy atom. The molecule has 0 aromatic heterocycles. The van der Waals surface area contributed by atoms with Crippen molar-refractivity contribution in [3.8, 4) is 0 Å². The number of hydrogen-bond acceptors (Lipinski definition) is 3. The topological polar surface area (TPSA) is 55.4 Å². The lowest BCUT2D eigenvalue weighted by Gasteiger charge is -2.20. The first-order chi connectivity index (χ1) is 10.7. The summed E-state index contributed by atoms with van der Waals surface area (Å²) in [5, 5.41) is 2.83. The Morgan fingerprint density at radius 3 is 2.68 bits per heavy atom. The first-order valence-electron chi connectivity index (χ1n) is 8.84. The Hall–Kier alpha value is -1.32. The second-order valence-corrected chi connectivity index (χ2v) is 6.58. The van der Waals surface area contributed by atoms with Crippen molar-refractivity contribution in [1.29, 1.82) is 0 Å². The molecular formula is C18H29NO3. The van der Waals surface area contributed by atoms with E-state index in [1.807, 2.05) is 0 Å². The van der Waals surface area contributed by atoms with Gasteiger partial charge in [-0.2, -0.15) is 0 Å². The number of carbonyl (C=O) groups excluding carboxylic acids is 2. The zero-order chi connectivity index (χ0) is 15.6. The largest absolute Gasteiger partial charge is 0.456 e. The van der Waals surface area contributed by atoms with Gasteiger partial charge in [0, 0.05) is 13.0 Å². The van der Waals surface area contributed by atoms with Crippen LogP contribution in [-0.4, -0.2) is 25.0 Å². The molecule has 2 rings (SSSR count). The van der Waals surface area contributed by atoms with E-state index < -0.39 is 0 Å². The number of nitrogens with one attached hydrogen (secondary N) is 1. The zero-order valence-electron chi connectivity index (χ0n) is 13.6. The minimum absolute atomic E-state index is 0.134. The molecule has 0 heterocycles. The van der Waals surface area contributed by atoms with Crippen molar-refractivity contribution in [2.24, 2.45) is 5.92 Å². The van der Waals surface area contributed by atoms with Gasteiger partial charge in [0.1, 0.15) is 0 Å². The first kappa shape index (κ1) is 17.0. The van der Waals surface area contributed by atoms with Gasteiger partial charge in [-0.3, -0.25) is 9.59 Å². The molecule has 1 amide bonds. The summed E-state index contributed by atoms with van der Waals surface area (Å²) in [6, 6.07) is 0. The quantitative estimate of drug-likeness (QED) is 0.578. The van der Waals surface area contributed by atoms with Crippen molar-refractivity contribution in [3.63, 3.8) is 0 Å². The molecule has 0 atom stereocenters. The summed E-state index contributed by atoms with van der Waals surface area (Å²) < 4.78 is 5.08. The third-order valence-corrected chi connectivity index (χ3v) is 4.70. The standard InChI is InChI=1S/C18H29NO3/c20-17(19-12-11-15-7-3-1-4-8-15)14-22-18(21)13-16-9-5-2-6-10-16/h7,16H,1-6,8-14H2,(H,19,20). The van der Waals surface area contributed by atoms with Gasteiger partial charge < -0.3 is 10.1 Å². The van der Waals surface area contributed by atoms with Crippen LogP contribution >= 0.6 is 0 Å². The monoisotopic (exact) mass is 307 g/mol. The molecule has 1 N–H and O–H groups in total. The number of carbonyl (C=O) groups is 2. The van der Waals surface area contributed by atoms with Gasteiger partial charge in [-0.05, 0) is 50.9 Å². The van der Waals surface area contributed by atoms with E-state index in [0.717, 1.165) is 25.7 Å². The fraction of sp³-hybridized carbons (Fsp3) is 0.778.